The van der Waals surface area contributed by atoms with Gasteiger partial charge in [-0.2, -0.15) is 0 Å². The molecule has 0 spiro atoms. The standard InChI is InChI=1S/C31H48N4O4S/c1-7-11-29(31(37)34-22-23(3)4)32-15-16-33-30(36)26-19-27(35(5)40(6)38)21-28(20-26)39-17-10-14-25-13-9-12-24(8-2)18-25/h9,12-13,18-21,23,29,32H,7-8,10-11,14-17,22H2,1-6H3,(H,33,36)(H,34,37)/t29-,40?/m0/s1. The Hall–Kier alpha value is -2.91. The van der Waals surface area contributed by atoms with Crippen LogP contribution in [0.25, 0.3) is 0 Å². The van der Waals surface area contributed by atoms with E-state index in [1.165, 1.54) is 11.1 Å². The number of aryl methyl sites for hydroxylation is 2. The smallest absolute Gasteiger partial charge is 0.251 e. The van der Waals surface area contributed by atoms with E-state index in [1.807, 2.05) is 13.0 Å². The van der Waals surface area contributed by atoms with E-state index in [9.17, 15) is 13.8 Å². The molecular weight excluding hydrogens is 524 g/mol. The summed E-state index contributed by atoms with van der Waals surface area (Å²) >= 11 is 0. The highest BCUT2D eigenvalue weighted by Gasteiger charge is 2.17. The molecule has 0 aliphatic rings. The molecule has 3 N–H and O–H groups in total. The van der Waals surface area contributed by atoms with Crippen LogP contribution in [0.15, 0.2) is 42.5 Å². The SMILES string of the molecule is CCC[C@H](NCCNC(=O)c1cc(OCCCc2cccc(CC)c2)cc(N(C)S(C)=O)c1)C(=O)NCC(C)C. The molecule has 1 unspecified atom stereocenters. The van der Waals surface area contributed by atoms with Crippen molar-refractivity contribution in [1.29, 1.82) is 0 Å². The molecule has 0 heterocycles. The fourth-order valence-corrected chi connectivity index (χ4v) is 4.57. The van der Waals surface area contributed by atoms with Crippen molar-refractivity contribution >= 4 is 28.5 Å². The second-order valence-electron chi connectivity index (χ2n) is 10.5. The molecule has 0 aliphatic carbocycles. The normalized spacial score (nSPS) is 12.6. The summed E-state index contributed by atoms with van der Waals surface area (Å²) in [4.78, 5) is 25.5. The van der Waals surface area contributed by atoms with Gasteiger partial charge in [0.15, 0.2) is 0 Å². The molecule has 2 aromatic rings. The van der Waals surface area contributed by atoms with Crippen LogP contribution in [0.3, 0.4) is 0 Å². The monoisotopic (exact) mass is 572 g/mol. The highest BCUT2D eigenvalue weighted by Crippen LogP contribution is 2.25. The molecular formula is C31H48N4O4S. The zero-order valence-corrected chi connectivity index (χ0v) is 25.9. The number of rotatable bonds is 18. The summed E-state index contributed by atoms with van der Waals surface area (Å²) < 4.78 is 19.8. The lowest BCUT2D eigenvalue weighted by Crippen LogP contribution is -2.47. The zero-order chi connectivity index (χ0) is 29.5. The molecule has 2 aromatic carbocycles. The molecule has 222 valence electrons. The van der Waals surface area contributed by atoms with Crippen LogP contribution >= 0.6 is 0 Å². The quantitative estimate of drug-likeness (QED) is 0.232. The van der Waals surface area contributed by atoms with Crippen LogP contribution in [-0.4, -0.2) is 61.6 Å². The molecule has 0 aliphatic heterocycles. The number of hydrogen-bond donors (Lipinski definition) is 3. The second-order valence-corrected chi connectivity index (χ2v) is 11.8. The van der Waals surface area contributed by atoms with Crippen molar-refractivity contribution < 1.29 is 18.5 Å². The molecule has 0 saturated carbocycles. The van der Waals surface area contributed by atoms with Gasteiger partial charge in [-0.25, -0.2) is 4.21 Å². The van der Waals surface area contributed by atoms with Crippen molar-refractivity contribution in [1.82, 2.24) is 16.0 Å². The summed E-state index contributed by atoms with van der Waals surface area (Å²) in [5.41, 5.74) is 3.68. The number of anilines is 1. The summed E-state index contributed by atoms with van der Waals surface area (Å²) in [7, 11) is 0.470. The average Bonchev–Trinajstić information content (AvgIpc) is 2.94. The minimum Gasteiger partial charge on any atom is -0.493 e. The third kappa shape index (κ3) is 11.7. The van der Waals surface area contributed by atoms with Gasteiger partial charge < -0.3 is 20.7 Å². The summed E-state index contributed by atoms with van der Waals surface area (Å²) in [6.07, 6.45) is 5.95. The van der Waals surface area contributed by atoms with Crippen LogP contribution < -0.4 is 25.0 Å². The Balaban J connectivity index is 1.97. The van der Waals surface area contributed by atoms with Crippen LogP contribution in [0, 0.1) is 5.92 Å². The van der Waals surface area contributed by atoms with Crippen LogP contribution in [0.4, 0.5) is 5.69 Å². The topological polar surface area (TPSA) is 99.8 Å². The highest BCUT2D eigenvalue weighted by atomic mass is 32.2. The lowest BCUT2D eigenvalue weighted by atomic mass is 10.1. The molecule has 40 heavy (non-hydrogen) atoms. The van der Waals surface area contributed by atoms with Gasteiger partial charge in [-0.3, -0.25) is 13.9 Å². The fraction of sp³-hybridized carbons (Fsp3) is 0.548. The number of carbonyl (C=O) groups is 2. The van der Waals surface area contributed by atoms with Gasteiger partial charge in [-0.15, -0.1) is 0 Å². The van der Waals surface area contributed by atoms with E-state index in [0.717, 1.165) is 32.1 Å². The lowest BCUT2D eigenvalue weighted by molar-refractivity contribution is -0.123. The molecule has 0 radical (unpaired) electrons. The Morgan fingerprint density at radius 2 is 1.77 bits per heavy atom. The third-order valence-corrected chi connectivity index (χ3v) is 7.54. The molecule has 0 aromatic heterocycles. The summed E-state index contributed by atoms with van der Waals surface area (Å²) in [6.45, 7) is 10.3. The van der Waals surface area contributed by atoms with Crippen LogP contribution in [0.5, 0.6) is 5.75 Å². The Morgan fingerprint density at radius 3 is 2.45 bits per heavy atom. The van der Waals surface area contributed by atoms with Gasteiger partial charge in [0.1, 0.15) is 16.7 Å². The van der Waals surface area contributed by atoms with Gasteiger partial charge in [0, 0.05) is 44.6 Å². The Morgan fingerprint density at radius 1 is 1.02 bits per heavy atom. The second kappa shape index (κ2) is 17.7. The zero-order valence-electron chi connectivity index (χ0n) is 25.0. The first kappa shape index (κ1) is 33.3. The molecule has 0 bridgehead atoms. The van der Waals surface area contributed by atoms with E-state index in [1.54, 1.807) is 29.7 Å². The molecule has 9 heteroatoms. The third-order valence-electron chi connectivity index (χ3n) is 6.56. The van der Waals surface area contributed by atoms with Gasteiger partial charge in [0.2, 0.25) is 5.91 Å². The average molecular weight is 573 g/mol. The van der Waals surface area contributed by atoms with Crippen LogP contribution in [0.2, 0.25) is 0 Å². The van der Waals surface area contributed by atoms with Gasteiger partial charge in [-0.05, 0) is 54.9 Å². The Labute approximate surface area is 243 Å². The first-order valence-electron chi connectivity index (χ1n) is 14.4. The highest BCUT2D eigenvalue weighted by molar-refractivity contribution is 7.85. The van der Waals surface area contributed by atoms with Crippen molar-refractivity contribution in [3.8, 4) is 5.75 Å². The fourth-order valence-electron chi connectivity index (χ4n) is 4.17. The summed E-state index contributed by atoms with van der Waals surface area (Å²) in [6, 6.07) is 13.5. The van der Waals surface area contributed by atoms with Crippen molar-refractivity contribution in [3.63, 3.8) is 0 Å². The number of ether oxygens (including phenoxy) is 1. The van der Waals surface area contributed by atoms with Crippen LogP contribution in [-0.2, 0) is 28.6 Å². The molecule has 0 saturated heterocycles. The van der Waals surface area contributed by atoms with Gasteiger partial charge >= 0.3 is 0 Å². The minimum atomic E-state index is -1.25. The molecule has 2 amide bonds. The van der Waals surface area contributed by atoms with Crippen molar-refractivity contribution in [2.24, 2.45) is 5.92 Å². The maximum Gasteiger partial charge on any atom is 0.251 e. The van der Waals surface area contributed by atoms with E-state index in [4.69, 9.17) is 4.74 Å². The van der Waals surface area contributed by atoms with E-state index in [2.05, 4.69) is 61.0 Å². The number of benzene rings is 2. The van der Waals surface area contributed by atoms with E-state index >= 15 is 0 Å². The number of nitrogens with zero attached hydrogens (tertiary/aromatic N) is 1. The first-order valence-corrected chi connectivity index (χ1v) is 15.9. The maximum absolute atomic E-state index is 13.0. The predicted octanol–water partition coefficient (Wildman–Crippen LogP) is 4.25. The summed E-state index contributed by atoms with van der Waals surface area (Å²) in [5, 5.41) is 9.16. The molecule has 0 fully saturated rings. The number of carbonyl (C=O) groups excluding carboxylic acids is 2. The van der Waals surface area contributed by atoms with E-state index in [-0.39, 0.29) is 17.9 Å². The first-order chi connectivity index (χ1) is 19.1. The van der Waals surface area contributed by atoms with Gasteiger partial charge in [0.05, 0.1) is 18.3 Å². The summed E-state index contributed by atoms with van der Waals surface area (Å²) in [5.74, 6) is 0.684. The Kier molecular flexibility index (Phi) is 14.7. The number of nitrogens with one attached hydrogen (secondary N) is 3. The predicted molar refractivity (Wildman–Crippen MR) is 165 cm³/mol. The molecule has 2 atom stereocenters. The maximum atomic E-state index is 13.0. The Bertz CT molecular complexity index is 1110. The molecule has 2 rings (SSSR count). The number of amides is 2. The number of hydrogen-bond acceptors (Lipinski definition) is 5. The largest absolute Gasteiger partial charge is 0.493 e. The van der Waals surface area contributed by atoms with E-state index < -0.39 is 11.0 Å². The van der Waals surface area contributed by atoms with E-state index in [0.29, 0.717) is 49.2 Å². The van der Waals surface area contributed by atoms with Gasteiger partial charge in [0.25, 0.3) is 5.91 Å². The van der Waals surface area contributed by atoms with Crippen LogP contribution in [0.1, 0.15) is 68.4 Å². The van der Waals surface area contributed by atoms with Crippen molar-refractivity contribution in [3.05, 3.63) is 59.2 Å². The van der Waals surface area contributed by atoms with Crippen molar-refractivity contribution in [2.75, 3.05) is 43.8 Å². The lowest BCUT2D eigenvalue weighted by Gasteiger charge is -2.19. The van der Waals surface area contributed by atoms with Gasteiger partial charge in [-0.1, -0.05) is 58.4 Å². The van der Waals surface area contributed by atoms with Crippen molar-refractivity contribution in [2.45, 2.75) is 65.8 Å². The molecule has 8 nitrogen and oxygen atoms in total. The minimum absolute atomic E-state index is 0.00922.